The minimum absolute atomic E-state index is 0.689. The predicted octanol–water partition coefficient (Wildman–Crippen LogP) is 5.46. The van der Waals surface area contributed by atoms with Crippen molar-refractivity contribution in [2.24, 2.45) is 0 Å². The van der Waals surface area contributed by atoms with Gasteiger partial charge in [-0.1, -0.05) is 58.4 Å². The van der Waals surface area contributed by atoms with E-state index in [4.69, 9.17) is 22.2 Å². The summed E-state index contributed by atoms with van der Waals surface area (Å²) in [5.74, 6) is 0. The first-order chi connectivity index (χ1) is 7.62. The average molecular weight is 278 g/mol. The van der Waals surface area contributed by atoms with E-state index < -0.39 is 7.42 Å². The van der Waals surface area contributed by atoms with Crippen molar-refractivity contribution in [1.29, 1.82) is 0 Å². The van der Waals surface area contributed by atoms with E-state index >= 15 is 0 Å². The molecule has 0 unspecified atom stereocenters. The van der Waals surface area contributed by atoms with Crippen LogP contribution in [0.2, 0.25) is 12.6 Å². The van der Waals surface area contributed by atoms with Crippen LogP contribution < -0.4 is 0 Å². The van der Waals surface area contributed by atoms with Crippen LogP contribution in [0, 0.1) is 0 Å². The van der Waals surface area contributed by atoms with E-state index in [9.17, 15) is 0 Å². The van der Waals surface area contributed by atoms with Crippen molar-refractivity contribution >= 4 is 36.3 Å². The van der Waals surface area contributed by atoms with Crippen LogP contribution in [0.4, 0.5) is 0 Å². The summed E-state index contributed by atoms with van der Waals surface area (Å²) in [5.41, 5.74) is 1.55. The second kappa shape index (κ2) is 9.61. The maximum absolute atomic E-state index is 6.22. The Morgan fingerprint density at radius 3 is 1.94 bits per heavy atom. The Bertz CT molecular complexity index is 213. The molecule has 0 spiro atoms. The zero-order chi connectivity index (χ0) is 12.6. The molecule has 0 aromatic rings. The Labute approximate surface area is 113 Å². The van der Waals surface area contributed by atoms with Gasteiger partial charge in [-0.25, -0.2) is 0 Å². The highest BCUT2D eigenvalue weighted by Gasteiger charge is 2.21. The molecule has 0 aliphatic heterocycles. The largest absolute Gasteiger partial charge is 0.302 e. The zero-order valence-corrected chi connectivity index (χ0v) is 13.6. The average Bonchev–Trinajstić information content (AvgIpc) is 2.28. The maximum Gasteiger partial charge on any atom is 0.302 e. The fourth-order valence-corrected chi connectivity index (χ4v) is 4.54. The first kappa shape index (κ1) is 16.6. The SMILES string of the molecule is CCCC/C(=C(\CC)B(CC)CC)[Si](Cl)Cl. The van der Waals surface area contributed by atoms with Crippen molar-refractivity contribution in [2.75, 3.05) is 0 Å². The monoisotopic (exact) mass is 277 g/mol. The van der Waals surface area contributed by atoms with Gasteiger partial charge in [0, 0.05) is 0 Å². The van der Waals surface area contributed by atoms with Gasteiger partial charge >= 0.3 is 7.42 Å². The molecule has 16 heavy (non-hydrogen) atoms. The van der Waals surface area contributed by atoms with Crippen molar-refractivity contribution in [2.45, 2.75) is 66.0 Å². The third-order valence-corrected chi connectivity index (χ3v) is 5.65. The quantitative estimate of drug-likeness (QED) is 0.408. The first-order valence-electron chi connectivity index (χ1n) is 6.52. The van der Waals surface area contributed by atoms with Crippen LogP contribution in [0.1, 0.15) is 53.4 Å². The van der Waals surface area contributed by atoms with Crippen LogP contribution in [-0.4, -0.2) is 14.1 Å². The van der Waals surface area contributed by atoms with Gasteiger partial charge in [-0.05, 0) is 12.8 Å². The van der Waals surface area contributed by atoms with Crippen LogP contribution in [-0.2, 0) is 0 Å². The molecule has 0 saturated heterocycles. The Morgan fingerprint density at radius 2 is 1.62 bits per heavy atom. The molecule has 0 bridgehead atoms. The van der Waals surface area contributed by atoms with E-state index in [1.165, 1.54) is 30.7 Å². The van der Waals surface area contributed by atoms with E-state index in [-0.39, 0.29) is 0 Å². The number of allylic oxidation sites excluding steroid dienone is 2. The number of hydrogen-bond donors (Lipinski definition) is 0. The van der Waals surface area contributed by atoms with Crippen LogP contribution in [0.3, 0.4) is 0 Å². The number of rotatable bonds is 8. The molecular formula is C12H24BCl2Si. The Morgan fingerprint density at radius 1 is 1.06 bits per heavy atom. The maximum atomic E-state index is 6.22. The van der Waals surface area contributed by atoms with Crippen LogP contribution >= 0.6 is 22.2 Å². The summed E-state index contributed by atoms with van der Waals surface area (Å²) in [6, 6.07) is 0. The highest BCUT2D eigenvalue weighted by Crippen LogP contribution is 2.26. The Balaban J connectivity index is 4.97. The summed E-state index contributed by atoms with van der Waals surface area (Å²) in [7, 11) is -1.30. The highest BCUT2D eigenvalue weighted by molar-refractivity contribution is 7.37. The second-order valence-corrected chi connectivity index (χ2v) is 8.21. The molecule has 0 rings (SSSR count). The standard InChI is InChI=1S/C12H24BCl2Si/c1-5-9-10-12(16(14)15)11(6-2)13(7-3)8-4/h5-10H2,1-4H3/b12-11-. The molecule has 0 aliphatic carbocycles. The molecule has 0 fully saturated rings. The van der Waals surface area contributed by atoms with Crippen LogP contribution in [0.15, 0.2) is 10.7 Å². The third kappa shape index (κ3) is 5.29. The molecule has 0 aliphatic rings. The summed E-state index contributed by atoms with van der Waals surface area (Å²) < 4.78 is 0. The Hall–Kier alpha value is 0.602. The van der Waals surface area contributed by atoms with Gasteiger partial charge < -0.3 is 0 Å². The molecular weight excluding hydrogens is 254 g/mol. The van der Waals surface area contributed by atoms with Gasteiger partial charge in [0.25, 0.3) is 0 Å². The van der Waals surface area contributed by atoms with Gasteiger partial charge in [0.05, 0.1) is 0 Å². The van der Waals surface area contributed by atoms with Gasteiger partial charge in [0.15, 0.2) is 6.71 Å². The topological polar surface area (TPSA) is 0 Å². The lowest BCUT2D eigenvalue weighted by Gasteiger charge is -2.19. The van der Waals surface area contributed by atoms with E-state index in [1.807, 2.05) is 0 Å². The summed E-state index contributed by atoms with van der Waals surface area (Å²) >= 11 is 12.4. The van der Waals surface area contributed by atoms with Crippen LogP contribution in [0.25, 0.3) is 0 Å². The number of halogens is 2. The molecule has 0 amide bonds. The zero-order valence-electron chi connectivity index (χ0n) is 11.1. The summed E-state index contributed by atoms with van der Waals surface area (Å²) in [6.07, 6.45) is 7.06. The van der Waals surface area contributed by atoms with Crippen molar-refractivity contribution in [3.8, 4) is 0 Å². The lowest BCUT2D eigenvalue weighted by molar-refractivity contribution is 0.801. The highest BCUT2D eigenvalue weighted by atomic mass is 35.7. The van der Waals surface area contributed by atoms with Gasteiger partial charge in [0.1, 0.15) is 0 Å². The predicted molar refractivity (Wildman–Crippen MR) is 81.0 cm³/mol. The molecule has 0 heterocycles. The number of hydrogen-bond acceptors (Lipinski definition) is 0. The van der Waals surface area contributed by atoms with Gasteiger partial charge in [-0.2, -0.15) is 0 Å². The fourth-order valence-electron chi connectivity index (χ4n) is 2.26. The summed E-state index contributed by atoms with van der Waals surface area (Å²) in [6.45, 7) is 9.66. The molecule has 0 atom stereocenters. The first-order valence-corrected chi connectivity index (χ1v) is 10.0. The fraction of sp³-hybridized carbons (Fsp3) is 0.833. The van der Waals surface area contributed by atoms with Crippen molar-refractivity contribution in [3.05, 3.63) is 10.7 Å². The normalized spacial score (nSPS) is 12.9. The van der Waals surface area contributed by atoms with Gasteiger partial charge in [-0.3, -0.25) is 0 Å². The smallest absolute Gasteiger partial charge is 0.141 e. The number of unbranched alkanes of at least 4 members (excludes halogenated alkanes) is 1. The van der Waals surface area contributed by atoms with E-state index in [2.05, 4.69) is 27.7 Å². The third-order valence-electron chi connectivity index (χ3n) is 3.26. The van der Waals surface area contributed by atoms with Crippen molar-refractivity contribution in [1.82, 2.24) is 0 Å². The van der Waals surface area contributed by atoms with E-state index in [0.717, 1.165) is 12.8 Å². The van der Waals surface area contributed by atoms with Gasteiger partial charge in [0.2, 0.25) is 0 Å². The molecule has 0 nitrogen and oxygen atoms in total. The van der Waals surface area contributed by atoms with Crippen molar-refractivity contribution < 1.29 is 0 Å². The van der Waals surface area contributed by atoms with Gasteiger partial charge in [-0.15, -0.1) is 27.6 Å². The molecule has 0 aromatic carbocycles. The second-order valence-electron chi connectivity index (χ2n) is 4.23. The molecule has 0 N–H and O–H groups in total. The molecule has 4 heteroatoms. The molecule has 1 radical (unpaired) electrons. The lowest BCUT2D eigenvalue weighted by Crippen LogP contribution is -2.19. The Kier molecular flexibility index (Phi) is 9.98. The van der Waals surface area contributed by atoms with E-state index in [0.29, 0.717) is 6.71 Å². The minimum atomic E-state index is -1.30. The molecule has 93 valence electrons. The van der Waals surface area contributed by atoms with Crippen LogP contribution in [0.5, 0.6) is 0 Å². The minimum Gasteiger partial charge on any atom is -0.141 e. The van der Waals surface area contributed by atoms with E-state index in [1.54, 1.807) is 5.47 Å². The summed E-state index contributed by atoms with van der Waals surface area (Å²) in [5, 5.41) is 1.39. The molecule has 0 saturated carbocycles. The lowest BCUT2D eigenvalue weighted by atomic mass is 9.40. The summed E-state index contributed by atoms with van der Waals surface area (Å²) in [4.78, 5) is 0. The molecule has 0 aromatic heterocycles. The van der Waals surface area contributed by atoms with Crippen molar-refractivity contribution in [3.63, 3.8) is 0 Å².